The molecule has 7 atom stereocenters. The number of Topliss-reactive ketones (excluding diaryl/α,β-unsaturated/α-hetero) is 1. The topological polar surface area (TPSA) is 43.4 Å². The molecule has 0 aromatic rings. The third kappa shape index (κ3) is 2.29. The van der Waals surface area contributed by atoms with Gasteiger partial charge in [-0.25, -0.2) is 0 Å². The van der Waals surface area contributed by atoms with Crippen LogP contribution in [0.15, 0.2) is 0 Å². The molecule has 0 heterocycles. The minimum absolute atomic E-state index is 0.120. The Balaban J connectivity index is 1.58. The van der Waals surface area contributed by atoms with E-state index in [1.54, 1.807) is 6.92 Å². The van der Waals surface area contributed by atoms with Gasteiger partial charge in [0.15, 0.2) is 0 Å². The van der Waals surface area contributed by atoms with Crippen molar-refractivity contribution in [3.8, 4) is 0 Å². The van der Waals surface area contributed by atoms with E-state index in [4.69, 9.17) is 4.74 Å². The highest BCUT2D eigenvalue weighted by molar-refractivity contribution is 5.79. The Morgan fingerprint density at radius 1 is 1.00 bits per heavy atom. The number of fused-ring (bicyclic) bond motifs is 5. The zero-order chi connectivity index (χ0) is 17.1. The Morgan fingerprint density at radius 3 is 2.50 bits per heavy atom. The summed E-state index contributed by atoms with van der Waals surface area (Å²) >= 11 is 0. The Bertz CT molecular complexity index is 555. The smallest absolute Gasteiger partial charge is 0.302 e. The molecular formula is C21H32O3. The Labute approximate surface area is 145 Å². The highest BCUT2D eigenvalue weighted by Gasteiger charge is 2.60. The fourth-order valence-electron chi connectivity index (χ4n) is 7.39. The van der Waals surface area contributed by atoms with E-state index in [2.05, 4.69) is 13.8 Å². The predicted octanol–water partition coefficient (Wildman–Crippen LogP) is 4.53. The standard InChI is InChI=1S/C21H32O3/c1-13(22)24-19-7-6-17-16-5-4-14-12-15(23)8-10-20(14,2)18(16)9-11-21(17,19)3/h14,16-19H,4-12H2,1-3H3/t14-,16+,17+,18+,19+,20-,21-/m0/s1. The molecule has 0 bridgehead atoms. The van der Waals surface area contributed by atoms with Crippen molar-refractivity contribution in [2.24, 2.45) is 34.5 Å². The summed E-state index contributed by atoms with van der Waals surface area (Å²) in [4.78, 5) is 23.5. The van der Waals surface area contributed by atoms with Crippen molar-refractivity contribution in [2.45, 2.75) is 84.7 Å². The van der Waals surface area contributed by atoms with E-state index in [1.165, 1.54) is 32.1 Å². The van der Waals surface area contributed by atoms with Gasteiger partial charge in [0.2, 0.25) is 0 Å². The van der Waals surface area contributed by atoms with Gasteiger partial charge >= 0.3 is 5.97 Å². The van der Waals surface area contributed by atoms with Gasteiger partial charge in [-0.15, -0.1) is 0 Å². The molecule has 0 aromatic heterocycles. The largest absolute Gasteiger partial charge is 0.462 e. The van der Waals surface area contributed by atoms with Crippen LogP contribution in [0.4, 0.5) is 0 Å². The molecule has 24 heavy (non-hydrogen) atoms. The van der Waals surface area contributed by atoms with E-state index in [0.717, 1.165) is 37.5 Å². The second-order valence-electron chi connectivity index (χ2n) is 9.62. The fourth-order valence-corrected chi connectivity index (χ4v) is 7.39. The lowest BCUT2D eigenvalue weighted by molar-refractivity contribution is -0.162. The van der Waals surface area contributed by atoms with Gasteiger partial charge in [-0.05, 0) is 74.0 Å². The Morgan fingerprint density at radius 2 is 1.75 bits per heavy atom. The van der Waals surface area contributed by atoms with Crippen LogP contribution in [0.5, 0.6) is 0 Å². The number of ether oxygens (including phenoxy) is 1. The SMILES string of the molecule is CC(=O)O[C@@H]1CC[C@@H]2[C@H]3CC[C@H]4CC(=O)CC[C@]4(C)[C@@H]3CC[C@@]21C. The van der Waals surface area contributed by atoms with E-state index in [0.29, 0.717) is 23.0 Å². The van der Waals surface area contributed by atoms with Crippen molar-refractivity contribution in [1.29, 1.82) is 0 Å². The molecule has 4 aliphatic rings. The minimum Gasteiger partial charge on any atom is -0.462 e. The number of esters is 1. The van der Waals surface area contributed by atoms with Crippen LogP contribution in [-0.4, -0.2) is 17.9 Å². The van der Waals surface area contributed by atoms with Crippen molar-refractivity contribution < 1.29 is 14.3 Å². The lowest BCUT2D eigenvalue weighted by atomic mass is 9.45. The van der Waals surface area contributed by atoms with E-state index in [9.17, 15) is 9.59 Å². The number of hydrogen-bond donors (Lipinski definition) is 0. The van der Waals surface area contributed by atoms with Crippen molar-refractivity contribution in [3.05, 3.63) is 0 Å². The molecule has 4 fully saturated rings. The molecule has 0 aliphatic heterocycles. The molecule has 4 aliphatic carbocycles. The predicted molar refractivity (Wildman–Crippen MR) is 92.3 cm³/mol. The quantitative estimate of drug-likeness (QED) is 0.663. The summed E-state index contributed by atoms with van der Waals surface area (Å²) in [6, 6.07) is 0. The lowest BCUT2D eigenvalue weighted by Crippen LogP contribution is -2.54. The van der Waals surface area contributed by atoms with Crippen LogP contribution in [0, 0.1) is 34.5 Å². The van der Waals surface area contributed by atoms with Gasteiger partial charge < -0.3 is 4.74 Å². The van der Waals surface area contributed by atoms with Gasteiger partial charge in [-0.2, -0.15) is 0 Å². The molecule has 0 saturated heterocycles. The van der Waals surface area contributed by atoms with E-state index >= 15 is 0 Å². The van der Waals surface area contributed by atoms with Gasteiger partial charge in [0.1, 0.15) is 11.9 Å². The van der Waals surface area contributed by atoms with Crippen LogP contribution in [0.25, 0.3) is 0 Å². The molecule has 0 spiro atoms. The molecule has 3 nitrogen and oxygen atoms in total. The molecule has 134 valence electrons. The molecule has 0 unspecified atom stereocenters. The van der Waals surface area contributed by atoms with Gasteiger partial charge in [0.05, 0.1) is 0 Å². The fraction of sp³-hybridized carbons (Fsp3) is 0.905. The number of hydrogen-bond acceptors (Lipinski definition) is 3. The summed E-state index contributed by atoms with van der Waals surface area (Å²) < 4.78 is 5.73. The monoisotopic (exact) mass is 332 g/mol. The van der Waals surface area contributed by atoms with Crippen molar-refractivity contribution in [2.75, 3.05) is 0 Å². The summed E-state index contributed by atoms with van der Waals surface area (Å²) in [6.45, 7) is 6.42. The number of carbonyl (C=O) groups is 2. The summed E-state index contributed by atoms with van der Waals surface area (Å²) in [7, 11) is 0. The van der Waals surface area contributed by atoms with Gasteiger partial charge in [-0.3, -0.25) is 9.59 Å². The van der Waals surface area contributed by atoms with E-state index < -0.39 is 0 Å². The third-order valence-corrected chi connectivity index (χ3v) is 8.70. The average Bonchev–Trinajstić information content (AvgIpc) is 2.84. The number of ketones is 1. The lowest BCUT2D eigenvalue weighted by Gasteiger charge is -2.60. The van der Waals surface area contributed by atoms with Gasteiger partial charge in [0, 0.05) is 25.2 Å². The molecule has 4 rings (SSSR count). The summed E-state index contributed by atoms with van der Waals surface area (Å²) in [5, 5.41) is 0. The van der Waals surface area contributed by atoms with Crippen LogP contribution < -0.4 is 0 Å². The van der Waals surface area contributed by atoms with Gasteiger partial charge in [-0.1, -0.05) is 13.8 Å². The number of rotatable bonds is 1. The molecule has 0 radical (unpaired) electrons. The van der Waals surface area contributed by atoms with Crippen molar-refractivity contribution in [3.63, 3.8) is 0 Å². The van der Waals surface area contributed by atoms with E-state index in [-0.39, 0.29) is 17.5 Å². The first-order valence-electron chi connectivity index (χ1n) is 10.0. The Kier molecular flexibility index (Phi) is 3.85. The molecular weight excluding hydrogens is 300 g/mol. The molecule has 0 N–H and O–H groups in total. The van der Waals surface area contributed by atoms with Gasteiger partial charge in [0.25, 0.3) is 0 Å². The zero-order valence-electron chi connectivity index (χ0n) is 15.5. The van der Waals surface area contributed by atoms with Crippen molar-refractivity contribution in [1.82, 2.24) is 0 Å². The normalized spacial score (nSPS) is 50.6. The van der Waals surface area contributed by atoms with E-state index in [1.807, 2.05) is 0 Å². The maximum atomic E-state index is 12.0. The molecule has 0 amide bonds. The minimum atomic E-state index is -0.120. The molecule has 3 heteroatoms. The summed E-state index contributed by atoms with van der Waals surface area (Å²) in [6.07, 6.45) is 10.1. The average molecular weight is 332 g/mol. The van der Waals surface area contributed by atoms with Crippen LogP contribution in [0.3, 0.4) is 0 Å². The molecule has 4 saturated carbocycles. The second-order valence-corrected chi connectivity index (χ2v) is 9.62. The van der Waals surface area contributed by atoms with Crippen LogP contribution in [0.1, 0.15) is 78.6 Å². The number of carbonyl (C=O) groups excluding carboxylic acids is 2. The first kappa shape index (κ1) is 16.6. The van der Waals surface area contributed by atoms with Crippen LogP contribution >= 0.6 is 0 Å². The first-order valence-corrected chi connectivity index (χ1v) is 10.0. The maximum Gasteiger partial charge on any atom is 0.302 e. The highest BCUT2D eigenvalue weighted by atomic mass is 16.5. The molecule has 0 aromatic carbocycles. The second kappa shape index (κ2) is 5.57. The summed E-state index contributed by atoms with van der Waals surface area (Å²) in [5.74, 6) is 3.25. The zero-order valence-corrected chi connectivity index (χ0v) is 15.5. The Hall–Kier alpha value is -0.860. The first-order chi connectivity index (χ1) is 11.3. The summed E-state index contributed by atoms with van der Waals surface area (Å²) in [5.41, 5.74) is 0.554. The maximum absolute atomic E-state index is 12.0. The highest BCUT2D eigenvalue weighted by Crippen LogP contribution is 2.66. The van der Waals surface area contributed by atoms with Crippen LogP contribution in [-0.2, 0) is 14.3 Å². The van der Waals surface area contributed by atoms with Crippen molar-refractivity contribution >= 4 is 11.8 Å². The third-order valence-electron chi connectivity index (χ3n) is 8.70. The van der Waals surface area contributed by atoms with Crippen LogP contribution in [0.2, 0.25) is 0 Å².